The van der Waals surface area contributed by atoms with Crippen LogP contribution in [0.15, 0.2) is 24.3 Å². The molecule has 1 fully saturated rings. The zero-order valence-corrected chi connectivity index (χ0v) is 10.1. The lowest BCUT2D eigenvalue weighted by Gasteiger charge is -2.23. The molecule has 1 unspecified atom stereocenters. The molecule has 1 saturated carbocycles. The number of hydrogen-bond acceptors (Lipinski definition) is 1. The summed E-state index contributed by atoms with van der Waals surface area (Å²) in [6.07, 6.45) is 3.82. The molecule has 0 aromatic heterocycles. The average molecular weight is 224 g/mol. The van der Waals surface area contributed by atoms with Gasteiger partial charge in [-0.05, 0) is 56.3 Å². The Kier molecular flexibility index (Phi) is 3.03. The van der Waals surface area contributed by atoms with Crippen LogP contribution in [-0.4, -0.2) is 13.1 Å². The largest absolute Gasteiger partial charge is 0.317 e. The van der Waals surface area contributed by atoms with Gasteiger partial charge in [0, 0.05) is 11.1 Å². The maximum Gasteiger partial charge on any atom is 0.0408 e. The predicted octanol–water partition coefficient (Wildman–Crippen LogP) is 3.27. The van der Waals surface area contributed by atoms with Gasteiger partial charge < -0.3 is 5.32 Å². The van der Waals surface area contributed by atoms with E-state index in [9.17, 15) is 0 Å². The van der Waals surface area contributed by atoms with Gasteiger partial charge in [-0.1, -0.05) is 23.7 Å². The summed E-state index contributed by atoms with van der Waals surface area (Å²) < 4.78 is 0. The van der Waals surface area contributed by atoms with Gasteiger partial charge >= 0.3 is 0 Å². The van der Waals surface area contributed by atoms with Gasteiger partial charge in [0.15, 0.2) is 0 Å². The minimum Gasteiger partial charge on any atom is -0.317 e. The van der Waals surface area contributed by atoms with Gasteiger partial charge in [-0.15, -0.1) is 0 Å². The van der Waals surface area contributed by atoms with Crippen LogP contribution in [-0.2, 0) is 6.42 Å². The molecule has 82 valence electrons. The van der Waals surface area contributed by atoms with Crippen LogP contribution in [0, 0.1) is 5.41 Å². The van der Waals surface area contributed by atoms with Crippen molar-refractivity contribution in [2.75, 3.05) is 7.05 Å². The third kappa shape index (κ3) is 2.35. The average Bonchev–Trinajstić information content (AvgIpc) is 2.98. The molecule has 1 N–H and O–H groups in total. The van der Waals surface area contributed by atoms with Crippen LogP contribution < -0.4 is 5.32 Å². The zero-order valence-electron chi connectivity index (χ0n) is 9.39. The van der Waals surface area contributed by atoms with Crippen molar-refractivity contribution in [3.05, 3.63) is 34.9 Å². The second-order valence-electron chi connectivity index (χ2n) is 4.68. The third-order valence-electron chi connectivity index (χ3n) is 3.69. The second-order valence-corrected chi connectivity index (χ2v) is 5.12. The summed E-state index contributed by atoms with van der Waals surface area (Å²) in [7, 11) is 2.04. The quantitative estimate of drug-likeness (QED) is 0.826. The zero-order chi connectivity index (χ0) is 10.9. The van der Waals surface area contributed by atoms with E-state index in [-0.39, 0.29) is 0 Å². The molecule has 0 amide bonds. The van der Waals surface area contributed by atoms with E-state index in [1.807, 2.05) is 19.2 Å². The molecule has 0 radical (unpaired) electrons. The monoisotopic (exact) mass is 223 g/mol. The highest BCUT2D eigenvalue weighted by molar-refractivity contribution is 6.30. The molecular formula is C13H18ClN. The fourth-order valence-corrected chi connectivity index (χ4v) is 2.50. The first-order chi connectivity index (χ1) is 7.16. The summed E-state index contributed by atoms with van der Waals surface area (Å²) in [6, 6.07) is 8.83. The van der Waals surface area contributed by atoms with E-state index in [4.69, 9.17) is 11.6 Å². The van der Waals surface area contributed by atoms with Crippen molar-refractivity contribution in [1.29, 1.82) is 0 Å². The number of rotatable bonds is 4. The summed E-state index contributed by atoms with van der Waals surface area (Å²) >= 11 is 5.99. The molecule has 1 nitrogen and oxygen atoms in total. The van der Waals surface area contributed by atoms with Gasteiger partial charge in [0.05, 0.1) is 0 Å². The van der Waals surface area contributed by atoms with Gasteiger partial charge in [-0.25, -0.2) is 0 Å². The molecular weight excluding hydrogens is 206 g/mol. The van der Waals surface area contributed by atoms with Crippen molar-refractivity contribution in [3.8, 4) is 0 Å². The number of hydrogen-bond donors (Lipinski definition) is 1. The number of halogens is 1. The molecule has 1 aromatic carbocycles. The highest BCUT2D eigenvalue weighted by Gasteiger charge is 2.46. The lowest BCUT2D eigenvalue weighted by molar-refractivity contribution is 0.369. The van der Waals surface area contributed by atoms with E-state index in [2.05, 4.69) is 24.4 Å². The van der Waals surface area contributed by atoms with Gasteiger partial charge in [0.2, 0.25) is 0 Å². The lowest BCUT2D eigenvalue weighted by atomic mass is 9.90. The topological polar surface area (TPSA) is 12.0 Å². The summed E-state index contributed by atoms with van der Waals surface area (Å²) in [5, 5.41) is 4.22. The summed E-state index contributed by atoms with van der Waals surface area (Å²) in [4.78, 5) is 0. The molecule has 0 aliphatic heterocycles. The maximum atomic E-state index is 5.99. The minimum absolute atomic E-state index is 0.486. The third-order valence-corrected chi connectivity index (χ3v) is 3.92. The van der Waals surface area contributed by atoms with Crippen LogP contribution in [0.3, 0.4) is 0 Å². The smallest absolute Gasteiger partial charge is 0.0408 e. The van der Waals surface area contributed by atoms with E-state index in [0.717, 1.165) is 11.4 Å². The Bertz CT molecular complexity index is 344. The van der Waals surface area contributed by atoms with Gasteiger partial charge in [-0.3, -0.25) is 0 Å². The lowest BCUT2D eigenvalue weighted by Crippen LogP contribution is -2.33. The molecule has 0 saturated heterocycles. The molecule has 2 rings (SSSR count). The Morgan fingerprint density at radius 1 is 1.47 bits per heavy atom. The van der Waals surface area contributed by atoms with E-state index in [1.165, 1.54) is 18.4 Å². The van der Waals surface area contributed by atoms with E-state index < -0.39 is 0 Å². The van der Waals surface area contributed by atoms with Crippen LogP contribution >= 0.6 is 11.6 Å². The first-order valence-electron chi connectivity index (χ1n) is 5.58. The SMILES string of the molecule is CNC(C)C1(Cc2cccc(Cl)c2)CC1. The minimum atomic E-state index is 0.486. The Morgan fingerprint density at radius 3 is 2.73 bits per heavy atom. The first-order valence-corrected chi connectivity index (χ1v) is 5.96. The fourth-order valence-electron chi connectivity index (χ4n) is 2.28. The van der Waals surface area contributed by atoms with Crippen molar-refractivity contribution in [1.82, 2.24) is 5.32 Å². The summed E-state index contributed by atoms with van der Waals surface area (Å²) in [5.74, 6) is 0. The first kappa shape index (κ1) is 11.0. The van der Waals surface area contributed by atoms with Gasteiger partial charge in [-0.2, -0.15) is 0 Å². The van der Waals surface area contributed by atoms with Crippen molar-refractivity contribution in [2.45, 2.75) is 32.2 Å². The molecule has 1 atom stereocenters. The van der Waals surface area contributed by atoms with Crippen molar-refractivity contribution in [2.24, 2.45) is 5.41 Å². The van der Waals surface area contributed by atoms with E-state index >= 15 is 0 Å². The van der Waals surface area contributed by atoms with Gasteiger partial charge in [0.25, 0.3) is 0 Å². The van der Waals surface area contributed by atoms with Crippen molar-refractivity contribution < 1.29 is 0 Å². The standard InChI is InChI=1S/C13H18ClN/c1-10(15-2)13(6-7-13)9-11-4-3-5-12(14)8-11/h3-5,8,10,15H,6-7,9H2,1-2H3. The molecule has 0 spiro atoms. The van der Waals surface area contributed by atoms with Crippen molar-refractivity contribution >= 4 is 11.6 Å². The van der Waals surface area contributed by atoms with E-state index in [0.29, 0.717) is 11.5 Å². The molecule has 15 heavy (non-hydrogen) atoms. The van der Waals surface area contributed by atoms with Crippen LogP contribution in [0.5, 0.6) is 0 Å². The summed E-state index contributed by atoms with van der Waals surface area (Å²) in [6.45, 7) is 2.28. The molecule has 2 heteroatoms. The Labute approximate surface area is 96.8 Å². The van der Waals surface area contributed by atoms with E-state index in [1.54, 1.807) is 0 Å². The highest BCUT2D eigenvalue weighted by atomic mass is 35.5. The van der Waals surface area contributed by atoms with Gasteiger partial charge in [0.1, 0.15) is 0 Å². The molecule has 0 bridgehead atoms. The maximum absolute atomic E-state index is 5.99. The Hall–Kier alpha value is -0.530. The fraction of sp³-hybridized carbons (Fsp3) is 0.538. The second kappa shape index (κ2) is 4.15. The van der Waals surface area contributed by atoms with Crippen LogP contribution in [0.2, 0.25) is 5.02 Å². The highest BCUT2D eigenvalue weighted by Crippen LogP contribution is 2.51. The predicted molar refractivity (Wildman–Crippen MR) is 65.3 cm³/mol. The molecule has 1 aliphatic rings. The number of nitrogens with one attached hydrogen (secondary N) is 1. The van der Waals surface area contributed by atoms with Crippen LogP contribution in [0.25, 0.3) is 0 Å². The van der Waals surface area contributed by atoms with Crippen LogP contribution in [0.4, 0.5) is 0 Å². The van der Waals surface area contributed by atoms with Crippen molar-refractivity contribution in [3.63, 3.8) is 0 Å². The Balaban J connectivity index is 2.09. The normalized spacial score (nSPS) is 19.9. The summed E-state index contributed by atoms with van der Waals surface area (Å²) in [5.41, 5.74) is 1.85. The molecule has 1 aliphatic carbocycles. The Morgan fingerprint density at radius 2 is 2.20 bits per heavy atom. The van der Waals surface area contributed by atoms with Crippen LogP contribution in [0.1, 0.15) is 25.3 Å². The molecule has 0 heterocycles. The molecule has 1 aromatic rings. The number of benzene rings is 1.